The van der Waals surface area contributed by atoms with Gasteiger partial charge in [0.15, 0.2) is 0 Å². The molecule has 0 radical (unpaired) electrons. The molecule has 124 valence electrons. The maximum Gasteiger partial charge on any atom is 0.144 e. The summed E-state index contributed by atoms with van der Waals surface area (Å²) in [5.41, 5.74) is 7.98. The summed E-state index contributed by atoms with van der Waals surface area (Å²) in [7, 11) is 1.70. The monoisotopic (exact) mass is 324 g/mol. The minimum absolute atomic E-state index is 0.325. The second-order valence-corrected chi connectivity index (χ2v) is 6.03. The van der Waals surface area contributed by atoms with Gasteiger partial charge in [-0.05, 0) is 36.1 Å². The Bertz CT molecular complexity index is 770. The molecule has 0 amide bonds. The van der Waals surface area contributed by atoms with Crippen LogP contribution in [0.15, 0.2) is 60.7 Å². The van der Waals surface area contributed by atoms with Crippen LogP contribution in [0, 0.1) is 5.82 Å². The van der Waals surface area contributed by atoms with Crippen LogP contribution in [0.25, 0.3) is 5.57 Å². The Morgan fingerprint density at radius 2 is 2.00 bits per heavy atom. The first-order valence-electron chi connectivity index (χ1n) is 8.02. The number of nitrogen functional groups attached to an aromatic ring is 1. The molecule has 1 heterocycles. The van der Waals surface area contributed by atoms with Crippen molar-refractivity contribution < 1.29 is 9.13 Å². The van der Waals surface area contributed by atoms with Gasteiger partial charge < -0.3 is 10.5 Å². The van der Waals surface area contributed by atoms with Gasteiger partial charge in [-0.3, -0.25) is 0 Å². The predicted octanol–water partition coefficient (Wildman–Crippen LogP) is 4.16. The van der Waals surface area contributed by atoms with E-state index in [2.05, 4.69) is 23.2 Å². The van der Waals surface area contributed by atoms with E-state index in [1.54, 1.807) is 7.11 Å². The van der Waals surface area contributed by atoms with Gasteiger partial charge in [0.25, 0.3) is 0 Å². The van der Waals surface area contributed by atoms with E-state index < -0.39 is 5.60 Å². The summed E-state index contributed by atoms with van der Waals surface area (Å²) in [6.45, 7) is 0. The number of ether oxygens (including phenoxy) is 1. The minimum Gasteiger partial charge on any atom is -0.384 e. The average Bonchev–Trinajstić information content (AvgIpc) is 2.63. The zero-order valence-electron chi connectivity index (χ0n) is 13.7. The zero-order valence-corrected chi connectivity index (χ0v) is 13.7. The van der Waals surface area contributed by atoms with Crippen molar-refractivity contribution in [3.05, 3.63) is 77.8 Å². The first-order chi connectivity index (χ1) is 11.6. The van der Waals surface area contributed by atoms with Crippen LogP contribution in [0.1, 0.15) is 24.1 Å². The van der Waals surface area contributed by atoms with Crippen LogP contribution in [0.4, 0.5) is 10.2 Å². The third-order valence-corrected chi connectivity index (χ3v) is 4.46. The molecule has 1 unspecified atom stereocenters. The van der Waals surface area contributed by atoms with Gasteiger partial charge in [-0.1, -0.05) is 48.6 Å². The number of halogens is 1. The first kappa shape index (κ1) is 16.4. The maximum atomic E-state index is 13.9. The summed E-state index contributed by atoms with van der Waals surface area (Å²) < 4.78 is 19.7. The molecule has 0 fully saturated rings. The third-order valence-electron chi connectivity index (χ3n) is 4.46. The van der Waals surface area contributed by atoms with Crippen LogP contribution in [0.5, 0.6) is 0 Å². The number of aromatic nitrogens is 1. The van der Waals surface area contributed by atoms with Gasteiger partial charge in [-0.15, -0.1) is 0 Å². The highest BCUT2D eigenvalue weighted by Crippen LogP contribution is 2.35. The minimum atomic E-state index is -0.460. The summed E-state index contributed by atoms with van der Waals surface area (Å²) in [6.07, 6.45) is 8.01. The fourth-order valence-corrected chi connectivity index (χ4v) is 3.05. The fraction of sp³-hybridized carbons (Fsp3) is 0.250. The Balaban J connectivity index is 1.77. The van der Waals surface area contributed by atoms with Crippen LogP contribution in [0.2, 0.25) is 0 Å². The molecule has 2 N–H and O–H groups in total. The van der Waals surface area contributed by atoms with Crippen molar-refractivity contribution in [2.24, 2.45) is 0 Å². The largest absolute Gasteiger partial charge is 0.384 e. The molecule has 1 aromatic carbocycles. The second kappa shape index (κ2) is 6.97. The number of pyridine rings is 1. The molecule has 1 atom stereocenters. The van der Waals surface area contributed by atoms with Crippen LogP contribution in [-0.4, -0.2) is 17.7 Å². The number of anilines is 1. The Morgan fingerprint density at radius 3 is 2.75 bits per heavy atom. The molecular weight excluding hydrogens is 303 g/mol. The second-order valence-electron chi connectivity index (χ2n) is 6.03. The summed E-state index contributed by atoms with van der Waals surface area (Å²) in [4.78, 5) is 4.11. The Hall–Kier alpha value is -2.46. The highest BCUT2D eigenvalue weighted by molar-refractivity contribution is 5.69. The lowest BCUT2D eigenvalue weighted by Crippen LogP contribution is -2.31. The van der Waals surface area contributed by atoms with Crippen molar-refractivity contribution in [2.75, 3.05) is 12.8 Å². The van der Waals surface area contributed by atoms with Gasteiger partial charge in [0.2, 0.25) is 0 Å². The summed E-state index contributed by atoms with van der Waals surface area (Å²) >= 11 is 0. The number of nitrogens with two attached hydrogens (primary N) is 1. The number of nitrogens with zero attached hydrogens (tertiary/aromatic N) is 1. The molecule has 24 heavy (non-hydrogen) atoms. The molecule has 1 aliphatic carbocycles. The molecule has 0 saturated heterocycles. The van der Waals surface area contributed by atoms with Gasteiger partial charge in [0.1, 0.15) is 11.6 Å². The van der Waals surface area contributed by atoms with Crippen molar-refractivity contribution >= 4 is 11.4 Å². The fourth-order valence-electron chi connectivity index (χ4n) is 3.05. The molecule has 2 aromatic rings. The van der Waals surface area contributed by atoms with E-state index in [4.69, 9.17) is 10.5 Å². The lowest BCUT2D eigenvalue weighted by molar-refractivity contribution is 0.0285. The standard InChI is InChI=1S/C20H21FN2O/c1-24-20(13-11-18-17(21)9-10-19(22)23-18)12-5-8-16(14-20)15-6-3-2-4-7-15/h2-10,12H,11,13-14H2,1H3,(H2,22,23). The molecule has 1 aliphatic rings. The average molecular weight is 324 g/mol. The number of methoxy groups -OCH3 is 1. The first-order valence-corrected chi connectivity index (χ1v) is 8.02. The number of rotatable bonds is 5. The van der Waals surface area contributed by atoms with E-state index in [1.807, 2.05) is 30.4 Å². The third kappa shape index (κ3) is 3.54. The smallest absolute Gasteiger partial charge is 0.144 e. The normalized spacial score (nSPS) is 20.0. The lowest BCUT2D eigenvalue weighted by Gasteiger charge is -2.32. The van der Waals surface area contributed by atoms with E-state index in [-0.39, 0.29) is 5.82 Å². The molecule has 0 aliphatic heterocycles. The van der Waals surface area contributed by atoms with Crippen LogP contribution in [-0.2, 0) is 11.2 Å². The van der Waals surface area contributed by atoms with Gasteiger partial charge >= 0.3 is 0 Å². The summed E-state index contributed by atoms with van der Waals surface area (Å²) in [5.74, 6) is 0.0102. The van der Waals surface area contributed by atoms with Crippen molar-refractivity contribution in [2.45, 2.75) is 24.9 Å². The van der Waals surface area contributed by atoms with Crippen LogP contribution < -0.4 is 5.73 Å². The molecule has 1 aromatic heterocycles. The van der Waals surface area contributed by atoms with Gasteiger partial charge in [0, 0.05) is 13.5 Å². The molecule has 3 rings (SSSR count). The number of hydrogen-bond acceptors (Lipinski definition) is 3. The predicted molar refractivity (Wildman–Crippen MR) is 94.8 cm³/mol. The van der Waals surface area contributed by atoms with Gasteiger partial charge in [-0.2, -0.15) is 0 Å². The van der Waals surface area contributed by atoms with Crippen molar-refractivity contribution in [3.63, 3.8) is 0 Å². The van der Waals surface area contributed by atoms with Gasteiger partial charge in [-0.25, -0.2) is 9.37 Å². The molecular formula is C20H21FN2O. The van der Waals surface area contributed by atoms with E-state index in [0.29, 0.717) is 24.4 Å². The molecule has 0 spiro atoms. The summed E-state index contributed by atoms with van der Waals surface area (Å²) in [5, 5.41) is 0. The SMILES string of the molecule is COC1(CCc2nc(N)ccc2F)C=CC=C(c2ccccc2)C1. The Kier molecular flexibility index (Phi) is 4.76. The van der Waals surface area contributed by atoms with Crippen molar-refractivity contribution in [1.29, 1.82) is 0 Å². The number of allylic oxidation sites excluding steroid dienone is 2. The number of hydrogen-bond donors (Lipinski definition) is 1. The van der Waals surface area contributed by atoms with E-state index in [0.717, 1.165) is 6.42 Å². The molecule has 0 bridgehead atoms. The quantitative estimate of drug-likeness (QED) is 0.898. The van der Waals surface area contributed by atoms with Gasteiger partial charge in [0.05, 0.1) is 11.3 Å². The van der Waals surface area contributed by atoms with Crippen LogP contribution >= 0.6 is 0 Å². The van der Waals surface area contributed by atoms with E-state index in [9.17, 15) is 4.39 Å². The van der Waals surface area contributed by atoms with Crippen LogP contribution in [0.3, 0.4) is 0 Å². The lowest BCUT2D eigenvalue weighted by atomic mass is 9.83. The Labute approximate surface area is 141 Å². The number of benzene rings is 1. The highest BCUT2D eigenvalue weighted by Gasteiger charge is 2.30. The van der Waals surface area contributed by atoms with E-state index in [1.165, 1.54) is 23.3 Å². The molecule has 3 nitrogen and oxygen atoms in total. The topological polar surface area (TPSA) is 48.1 Å². The highest BCUT2D eigenvalue weighted by atomic mass is 19.1. The maximum absolute atomic E-state index is 13.9. The number of aryl methyl sites for hydroxylation is 1. The van der Waals surface area contributed by atoms with Crippen molar-refractivity contribution in [3.8, 4) is 0 Å². The summed E-state index contributed by atoms with van der Waals surface area (Å²) in [6, 6.07) is 13.1. The molecule has 4 heteroatoms. The van der Waals surface area contributed by atoms with Crippen molar-refractivity contribution in [1.82, 2.24) is 4.98 Å². The zero-order chi connectivity index (χ0) is 17.0. The Morgan fingerprint density at radius 1 is 1.21 bits per heavy atom. The molecule has 0 saturated carbocycles. The van der Waals surface area contributed by atoms with E-state index >= 15 is 0 Å².